The number of amides is 1. The molecule has 0 aromatic heterocycles. The summed E-state index contributed by atoms with van der Waals surface area (Å²) in [4.78, 5) is 11.5. The molecule has 3 rings (SSSR count). The molecule has 0 spiro atoms. The van der Waals surface area contributed by atoms with E-state index in [-0.39, 0.29) is 16.6 Å². The van der Waals surface area contributed by atoms with Gasteiger partial charge in [-0.2, -0.15) is 0 Å². The maximum absolute atomic E-state index is 13.2. The number of fused-ring (bicyclic) bond motifs is 1. The van der Waals surface area contributed by atoms with E-state index in [0.717, 1.165) is 0 Å². The van der Waals surface area contributed by atoms with Crippen LogP contribution in [0, 0.1) is 0 Å². The number of hydrogen-bond donors (Lipinski definition) is 2. The van der Waals surface area contributed by atoms with Crippen molar-refractivity contribution in [2.75, 3.05) is 25.6 Å². The number of carbonyl (C=O) groups excluding carboxylic acids is 1. The number of carbonyl (C=O) groups is 1. The first-order chi connectivity index (χ1) is 14.3. The fourth-order valence-corrected chi connectivity index (χ4v) is 5.13. The molecule has 2 N–H and O–H groups in total. The third-order valence-corrected chi connectivity index (χ3v) is 6.63. The lowest BCUT2D eigenvalue weighted by Crippen LogP contribution is -2.40. The van der Waals surface area contributed by atoms with E-state index in [1.54, 1.807) is 18.2 Å². The number of nitrogens with one attached hydrogen (secondary N) is 2. The number of alkyl halides is 1. The number of halogens is 2. The van der Waals surface area contributed by atoms with Gasteiger partial charge < -0.3 is 14.8 Å². The van der Waals surface area contributed by atoms with Crippen molar-refractivity contribution in [1.29, 1.82) is 0 Å². The number of anilines is 1. The summed E-state index contributed by atoms with van der Waals surface area (Å²) < 4.78 is 52.1. The first-order valence-corrected chi connectivity index (χ1v) is 11.1. The molecule has 2 aromatic rings. The van der Waals surface area contributed by atoms with E-state index < -0.39 is 22.6 Å². The summed E-state index contributed by atoms with van der Waals surface area (Å²) in [7, 11) is -1.04. The molecule has 1 unspecified atom stereocenters. The SMILES string of the molecule is COc1ccc(Cl)cc1NS(=O)(=O)c1ccc(OC)c2c1CCC(NC(=O)CF)C2. The van der Waals surface area contributed by atoms with Crippen LogP contribution in [0.3, 0.4) is 0 Å². The van der Waals surface area contributed by atoms with Gasteiger partial charge in [-0.15, -0.1) is 0 Å². The summed E-state index contributed by atoms with van der Waals surface area (Å²) >= 11 is 6.01. The highest BCUT2D eigenvalue weighted by atomic mass is 35.5. The normalized spacial score (nSPS) is 15.8. The molecule has 1 aliphatic carbocycles. The van der Waals surface area contributed by atoms with Crippen molar-refractivity contribution in [3.63, 3.8) is 0 Å². The lowest BCUT2D eigenvalue weighted by atomic mass is 9.87. The minimum Gasteiger partial charge on any atom is -0.496 e. The Morgan fingerprint density at radius 2 is 1.87 bits per heavy atom. The summed E-state index contributed by atoms with van der Waals surface area (Å²) in [5.74, 6) is 0.156. The molecule has 0 heterocycles. The van der Waals surface area contributed by atoms with Crippen LogP contribution < -0.4 is 19.5 Å². The van der Waals surface area contributed by atoms with Gasteiger partial charge in [-0.25, -0.2) is 12.8 Å². The molecule has 30 heavy (non-hydrogen) atoms. The van der Waals surface area contributed by atoms with Crippen LogP contribution >= 0.6 is 11.6 Å². The predicted molar refractivity (Wildman–Crippen MR) is 112 cm³/mol. The Labute approximate surface area is 179 Å². The van der Waals surface area contributed by atoms with Gasteiger partial charge in [0.25, 0.3) is 15.9 Å². The van der Waals surface area contributed by atoms with Crippen LogP contribution in [0.15, 0.2) is 35.2 Å². The van der Waals surface area contributed by atoms with Gasteiger partial charge >= 0.3 is 0 Å². The topological polar surface area (TPSA) is 93.7 Å². The Morgan fingerprint density at radius 1 is 1.17 bits per heavy atom. The average Bonchev–Trinajstić information content (AvgIpc) is 2.72. The highest BCUT2D eigenvalue weighted by Gasteiger charge is 2.30. The van der Waals surface area contributed by atoms with Crippen molar-refractivity contribution in [3.8, 4) is 11.5 Å². The smallest absolute Gasteiger partial charge is 0.262 e. The Morgan fingerprint density at radius 3 is 2.53 bits per heavy atom. The second-order valence-electron chi connectivity index (χ2n) is 6.81. The van der Waals surface area contributed by atoms with E-state index >= 15 is 0 Å². The molecule has 1 atom stereocenters. The second kappa shape index (κ2) is 9.09. The summed E-state index contributed by atoms with van der Waals surface area (Å²) in [5.41, 5.74) is 1.50. The van der Waals surface area contributed by atoms with Crippen LogP contribution in [-0.2, 0) is 27.7 Å². The van der Waals surface area contributed by atoms with Gasteiger partial charge in [0.15, 0.2) is 6.67 Å². The molecule has 7 nitrogen and oxygen atoms in total. The van der Waals surface area contributed by atoms with Crippen molar-refractivity contribution in [3.05, 3.63) is 46.5 Å². The van der Waals surface area contributed by atoms with E-state index in [2.05, 4.69) is 10.0 Å². The number of ether oxygens (including phenoxy) is 2. The Balaban J connectivity index is 1.98. The van der Waals surface area contributed by atoms with Gasteiger partial charge in [-0.3, -0.25) is 9.52 Å². The van der Waals surface area contributed by atoms with Crippen LogP contribution in [0.4, 0.5) is 10.1 Å². The number of sulfonamides is 1. The zero-order valence-corrected chi connectivity index (χ0v) is 18.1. The van der Waals surface area contributed by atoms with E-state index in [9.17, 15) is 17.6 Å². The highest BCUT2D eigenvalue weighted by Crippen LogP contribution is 2.36. The molecule has 1 amide bonds. The Hall–Kier alpha value is -2.52. The number of methoxy groups -OCH3 is 2. The van der Waals surface area contributed by atoms with Crippen molar-refractivity contribution < 1.29 is 27.1 Å². The van der Waals surface area contributed by atoms with Crippen molar-refractivity contribution >= 4 is 33.2 Å². The third-order valence-electron chi connectivity index (χ3n) is 4.94. The van der Waals surface area contributed by atoms with Gasteiger partial charge in [-0.1, -0.05) is 11.6 Å². The largest absolute Gasteiger partial charge is 0.496 e. The standard InChI is InChI=1S/C20H22ClFN2O5S/c1-28-17-7-8-19(14-5-4-13(10-15(14)17)23-20(25)11-22)30(26,27)24-16-9-12(21)3-6-18(16)29-2/h3,6-9,13,24H,4-5,10-11H2,1-2H3,(H,23,25). The van der Waals surface area contributed by atoms with Crippen LogP contribution in [0.5, 0.6) is 11.5 Å². The van der Waals surface area contributed by atoms with Crippen LogP contribution in [0.2, 0.25) is 5.02 Å². The van der Waals surface area contributed by atoms with Crippen molar-refractivity contribution in [1.82, 2.24) is 5.32 Å². The lowest BCUT2D eigenvalue weighted by molar-refractivity contribution is -0.122. The van der Waals surface area contributed by atoms with E-state index in [1.165, 1.54) is 26.4 Å². The molecular formula is C20H22ClFN2O5S. The molecule has 0 saturated heterocycles. The zero-order chi connectivity index (χ0) is 21.9. The number of rotatable bonds is 7. The van der Waals surface area contributed by atoms with Crippen LogP contribution in [-0.4, -0.2) is 41.3 Å². The molecular weight excluding hydrogens is 435 g/mol. The summed E-state index contributed by atoms with van der Waals surface area (Å²) in [6.45, 7) is -1.10. The molecule has 10 heteroatoms. The van der Waals surface area contributed by atoms with Crippen molar-refractivity contribution in [2.45, 2.75) is 30.2 Å². The molecule has 0 bridgehead atoms. The summed E-state index contributed by atoms with van der Waals surface area (Å²) in [6.07, 6.45) is 1.20. The quantitative estimate of drug-likeness (QED) is 0.667. The average molecular weight is 457 g/mol. The van der Waals surface area contributed by atoms with Gasteiger partial charge in [0.2, 0.25) is 0 Å². The predicted octanol–water partition coefficient (Wildman–Crippen LogP) is 3.10. The zero-order valence-electron chi connectivity index (χ0n) is 16.5. The first-order valence-electron chi connectivity index (χ1n) is 9.19. The molecule has 0 radical (unpaired) electrons. The van der Waals surface area contributed by atoms with E-state index in [0.29, 0.717) is 46.9 Å². The van der Waals surface area contributed by atoms with Gasteiger partial charge in [0.05, 0.1) is 24.8 Å². The van der Waals surface area contributed by atoms with E-state index in [4.69, 9.17) is 21.1 Å². The number of hydrogen-bond acceptors (Lipinski definition) is 5. The molecule has 0 fully saturated rings. The molecule has 1 aliphatic rings. The van der Waals surface area contributed by atoms with Crippen molar-refractivity contribution in [2.24, 2.45) is 0 Å². The highest BCUT2D eigenvalue weighted by molar-refractivity contribution is 7.92. The molecule has 162 valence electrons. The Bertz CT molecular complexity index is 1060. The summed E-state index contributed by atoms with van der Waals surface area (Å²) in [6, 6.07) is 7.39. The summed E-state index contributed by atoms with van der Waals surface area (Å²) in [5, 5.41) is 2.97. The van der Waals surface area contributed by atoms with Gasteiger partial charge in [-0.05, 0) is 55.2 Å². The van der Waals surface area contributed by atoms with Gasteiger partial charge in [0, 0.05) is 16.6 Å². The maximum atomic E-state index is 13.2. The molecule has 2 aromatic carbocycles. The van der Waals surface area contributed by atoms with Crippen LogP contribution in [0.1, 0.15) is 17.5 Å². The monoisotopic (exact) mass is 456 g/mol. The minimum absolute atomic E-state index is 0.107. The Kier molecular flexibility index (Phi) is 6.72. The molecule has 0 aliphatic heterocycles. The van der Waals surface area contributed by atoms with Crippen LogP contribution in [0.25, 0.3) is 0 Å². The van der Waals surface area contributed by atoms with Gasteiger partial charge in [0.1, 0.15) is 11.5 Å². The minimum atomic E-state index is -3.97. The molecule has 0 saturated carbocycles. The number of benzene rings is 2. The fraction of sp³-hybridized carbons (Fsp3) is 0.350. The van der Waals surface area contributed by atoms with E-state index in [1.807, 2.05) is 0 Å². The first kappa shape index (κ1) is 22.2. The maximum Gasteiger partial charge on any atom is 0.262 e. The third kappa shape index (κ3) is 4.62. The second-order valence-corrected chi connectivity index (χ2v) is 8.90. The lowest BCUT2D eigenvalue weighted by Gasteiger charge is -2.28. The fourth-order valence-electron chi connectivity index (χ4n) is 3.61.